The van der Waals surface area contributed by atoms with Gasteiger partial charge in [-0.3, -0.25) is 19.7 Å². The van der Waals surface area contributed by atoms with Gasteiger partial charge in [0.25, 0.3) is 5.69 Å². The Morgan fingerprint density at radius 1 is 1.25 bits per heavy atom. The first kappa shape index (κ1) is 14.0. The number of benzene rings is 1. The zero-order valence-electron chi connectivity index (χ0n) is 10.6. The average molecular weight is 278 g/mol. The number of carboxylic acids is 1. The van der Waals surface area contributed by atoms with Crippen LogP contribution in [0.15, 0.2) is 24.3 Å². The number of para-hydroxylation sites is 2. The summed E-state index contributed by atoms with van der Waals surface area (Å²) >= 11 is 0. The Balaban J connectivity index is 2.06. The second-order valence-electron chi connectivity index (χ2n) is 4.81. The number of anilines is 1. The molecule has 20 heavy (non-hydrogen) atoms. The Morgan fingerprint density at radius 2 is 1.90 bits per heavy atom. The molecular weight excluding hydrogens is 264 g/mol. The molecule has 106 valence electrons. The van der Waals surface area contributed by atoms with Crippen LogP contribution in [0.4, 0.5) is 11.4 Å². The number of carbonyl (C=O) groups is 2. The van der Waals surface area contributed by atoms with Crippen molar-refractivity contribution >= 4 is 23.3 Å². The summed E-state index contributed by atoms with van der Waals surface area (Å²) in [4.78, 5) is 33.2. The van der Waals surface area contributed by atoms with Crippen LogP contribution < -0.4 is 5.32 Å². The van der Waals surface area contributed by atoms with Gasteiger partial charge in [-0.1, -0.05) is 12.1 Å². The summed E-state index contributed by atoms with van der Waals surface area (Å²) in [7, 11) is 0. The Labute approximate surface area is 114 Å². The van der Waals surface area contributed by atoms with Crippen molar-refractivity contribution < 1.29 is 19.6 Å². The predicted octanol–water partition coefficient (Wildman–Crippen LogP) is 2.03. The number of nitro benzene ring substituents is 1. The lowest BCUT2D eigenvalue weighted by molar-refractivity contribution is -0.383. The fourth-order valence-electron chi connectivity index (χ4n) is 2.42. The molecule has 0 heterocycles. The number of aliphatic carboxylic acids is 1. The van der Waals surface area contributed by atoms with Crippen molar-refractivity contribution in [1.82, 2.24) is 0 Å². The third kappa shape index (κ3) is 2.93. The summed E-state index contributed by atoms with van der Waals surface area (Å²) in [6.45, 7) is 0. The zero-order chi connectivity index (χ0) is 14.7. The molecule has 2 rings (SSSR count). The highest BCUT2D eigenvalue weighted by Crippen LogP contribution is 2.33. The average Bonchev–Trinajstić information content (AvgIpc) is 2.89. The van der Waals surface area contributed by atoms with E-state index in [1.807, 2.05) is 0 Å². The zero-order valence-corrected chi connectivity index (χ0v) is 10.6. The summed E-state index contributed by atoms with van der Waals surface area (Å²) in [5.74, 6) is -2.17. The van der Waals surface area contributed by atoms with E-state index in [1.54, 1.807) is 6.07 Å². The van der Waals surface area contributed by atoms with Gasteiger partial charge in [0, 0.05) is 12.0 Å². The fraction of sp³-hybridized carbons (Fsp3) is 0.385. The van der Waals surface area contributed by atoms with E-state index in [0.29, 0.717) is 12.8 Å². The quantitative estimate of drug-likeness (QED) is 0.646. The van der Waals surface area contributed by atoms with Crippen LogP contribution in [0.3, 0.4) is 0 Å². The minimum absolute atomic E-state index is 0.140. The van der Waals surface area contributed by atoms with E-state index in [1.165, 1.54) is 18.2 Å². The Morgan fingerprint density at radius 3 is 2.50 bits per heavy atom. The number of rotatable bonds is 4. The summed E-state index contributed by atoms with van der Waals surface area (Å²) in [5, 5.41) is 22.3. The largest absolute Gasteiger partial charge is 0.481 e. The number of hydrogen-bond donors (Lipinski definition) is 2. The molecule has 0 aromatic heterocycles. The second kappa shape index (κ2) is 5.68. The highest BCUT2D eigenvalue weighted by molar-refractivity contribution is 5.95. The summed E-state index contributed by atoms with van der Waals surface area (Å²) < 4.78 is 0. The number of carboxylic acid groups (broad SMARTS) is 1. The first-order valence-electron chi connectivity index (χ1n) is 6.26. The Hall–Kier alpha value is -2.44. The number of nitro groups is 1. The molecule has 1 saturated carbocycles. The van der Waals surface area contributed by atoms with Gasteiger partial charge in [-0.05, 0) is 25.3 Å². The van der Waals surface area contributed by atoms with E-state index in [4.69, 9.17) is 5.11 Å². The first-order valence-corrected chi connectivity index (χ1v) is 6.26. The van der Waals surface area contributed by atoms with Gasteiger partial charge in [0.05, 0.1) is 10.8 Å². The van der Waals surface area contributed by atoms with Crippen molar-refractivity contribution in [1.29, 1.82) is 0 Å². The molecule has 2 N–H and O–H groups in total. The fourth-order valence-corrected chi connectivity index (χ4v) is 2.42. The smallest absolute Gasteiger partial charge is 0.306 e. The molecule has 1 aliphatic carbocycles. The third-order valence-electron chi connectivity index (χ3n) is 3.51. The van der Waals surface area contributed by atoms with Crippen LogP contribution in [-0.4, -0.2) is 21.9 Å². The van der Waals surface area contributed by atoms with E-state index >= 15 is 0 Å². The van der Waals surface area contributed by atoms with E-state index < -0.39 is 22.7 Å². The van der Waals surface area contributed by atoms with Crippen molar-refractivity contribution in [2.24, 2.45) is 11.8 Å². The van der Waals surface area contributed by atoms with Crippen LogP contribution in [0.2, 0.25) is 0 Å². The molecule has 1 amide bonds. The van der Waals surface area contributed by atoms with E-state index in [-0.39, 0.29) is 23.7 Å². The van der Waals surface area contributed by atoms with Gasteiger partial charge in [-0.2, -0.15) is 0 Å². The molecule has 2 atom stereocenters. The lowest BCUT2D eigenvalue weighted by Gasteiger charge is -2.10. The van der Waals surface area contributed by atoms with Crippen LogP contribution in [-0.2, 0) is 9.59 Å². The maximum absolute atomic E-state index is 12.0. The van der Waals surface area contributed by atoms with E-state index in [2.05, 4.69) is 5.32 Å². The molecule has 0 saturated heterocycles. The summed E-state index contributed by atoms with van der Waals surface area (Å²) in [6, 6.07) is 5.88. The van der Waals surface area contributed by atoms with Crippen LogP contribution in [0.25, 0.3) is 0 Å². The van der Waals surface area contributed by atoms with E-state index in [9.17, 15) is 19.7 Å². The van der Waals surface area contributed by atoms with Crippen LogP contribution in [0.1, 0.15) is 19.3 Å². The minimum Gasteiger partial charge on any atom is -0.481 e. The maximum Gasteiger partial charge on any atom is 0.306 e. The van der Waals surface area contributed by atoms with Gasteiger partial charge in [0.15, 0.2) is 0 Å². The van der Waals surface area contributed by atoms with Gasteiger partial charge in [-0.25, -0.2) is 0 Å². The summed E-state index contributed by atoms with van der Waals surface area (Å²) in [6.07, 6.45) is 1.23. The molecule has 0 radical (unpaired) electrons. The van der Waals surface area contributed by atoms with Crippen molar-refractivity contribution in [2.75, 3.05) is 5.32 Å². The maximum atomic E-state index is 12.0. The molecule has 1 fully saturated rings. The SMILES string of the molecule is O=C(O)[C@H]1CC[C@@H](C(=O)Nc2ccccc2[N+](=O)[O-])C1. The molecule has 0 unspecified atom stereocenters. The highest BCUT2D eigenvalue weighted by Gasteiger charge is 2.34. The molecule has 0 bridgehead atoms. The second-order valence-corrected chi connectivity index (χ2v) is 4.81. The molecule has 1 aromatic carbocycles. The molecule has 7 nitrogen and oxygen atoms in total. The highest BCUT2D eigenvalue weighted by atomic mass is 16.6. The molecule has 1 aliphatic rings. The van der Waals surface area contributed by atoms with E-state index in [0.717, 1.165) is 0 Å². The number of amides is 1. The monoisotopic (exact) mass is 278 g/mol. The minimum atomic E-state index is -0.897. The number of nitrogens with one attached hydrogen (secondary N) is 1. The molecule has 0 aliphatic heterocycles. The van der Waals surface area contributed by atoms with Gasteiger partial charge in [0.1, 0.15) is 5.69 Å². The van der Waals surface area contributed by atoms with Crippen molar-refractivity contribution in [3.05, 3.63) is 34.4 Å². The Kier molecular flexibility index (Phi) is 3.97. The number of carbonyl (C=O) groups excluding carboxylic acids is 1. The van der Waals surface area contributed by atoms with Crippen LogP contribution >= 0.6 is 0 Å². The Bertz CT molecular complexity index is 557. The molecule has 0 spiro atoms. The lowest BCUT2D eigenvalue weighted by Crippen LogP contribution is -2.22. The first-order chi connectivity index (χ1) is 9.49. The third-order valence-corrected chi connectivity index (χ3v) is 3.51. The van der Waals surface area contributed by atoms with Crippen molar-refractivity contribution in [3.63, 3.8) is 0 Å². The summed E-state index contributed by atoms with van der Waals surface area (Å²) in [5.41, 5.74) is -0.0325. The van der Waals surface area contributed by atoms with Gasteiger partial charge >= 0.3 is 5.97 Å². The normalized spacial score (nSPS) is 21.4. The molecular formula is C13H14N2O5. The molecule has 7 heteroatoms. The van der Waals surface area contributed by atoms with Gasteiger partial charge in [0.2, 0.25) is 5.91 Å². The van der Waals surface area contributed by atoms with Crippen LogP contribution in [0, 0.1) is 22.0 Å². The molecule has 1 aromatic rings. The van der Waals surface area contributed by atoms with Crippen molar-refractivity contribution in [2.45, 2.75) is 19.3 Å². The lowest BCUT2D eigenvalue weighted by atomic mass is 10.0. The number of nitrogens with zero attached hydrogens (tertiary/aromatic N) is 1. The number of hydrogen-bond acceptors (Lipinski definition) is 4. The van der Waals surface area contributed by atoms with Gasteiger partial charge in [-0.15, -0.1) is 0 Å². The topological polar surface area (TPSA) is 110 Å². The standard InChI is InChI=1S/C13H14N2O5/c16-12(8-5-6-9(7-8)13(17)18)14-10-3-1-2-4-11(10)15(19)20/h1-4,8-9H,5-7H2,(H,14,16)(H,17,18)/t8-,9+/m1/s1. The predicted molar refractivity (Wildman–Crippen MR) is 70.2 cm³/mol. The van der Waals surface area contributed by atoms with Crippen molar-refractivity contribution in [3.8, 4) is 0 Å². The van der Waals surface area contributed by atoms with Gasteiger partial charge < -0.3 is 10.4 Å². The van der Waals surface area contributed by atoms with Crippen LogP contribution in [0.5, 0.6) is 0 Å².